The Morgan fingerprint density at radius 2 is 1.86 bits per heavy atom. The smallest absolute Gasteiger partial charge is 0.104 e. The van der Waals surface area contributed by atoms with Crippen molar-refractivity contribution in [2.75, 3.05) is 5.73 Å². The molecule has 1 heterocycles. The Bertz CT molecular complexity index is 855. The minimum absolute atomic E-state index is 0.653. The number of aryl methyl sites for hydroxylation is 2. The largest absolute Gasteiger partial charge is 0.389 e. The number of rotatable bonds is 4. The van der Waals surface area contributed by atoms with Crippen LogP contribution in [0.15, 0.2) is 42.5 Å². The van der Waals surface area contributed by atoms with E-state index in [1.165, 1.54) is 21.2 Å². The first-order valence-corrected chi connectivity index (χ1v) is 8.26. The number of anilines is 1. The van der Waals surface area contributed by atoms with Crippen LogP contribution >= 0.6 is 11.3 Å². The molecule has 3 heteroatoms. The van der Waals surface area contributed by atoms with E-state index in [9.17, 15) is 0 Å². The van der Waals surface area contributed by atoms with Crippen molar-refractivity contribution in [2.45, 2.75) is 26.2 Å². The van der Waals surface area contributed by atoms with Gasteiger partial charge in [-0.05, 0) is 48.1 Å². The Morgan fingerprint density at radius 3 is 2.59 bits per heavy atom. The van der Waals surface area contributed by atoms with E-state index in [4.69, 9.17) is 11.0 Å². The van der Waals surface area contributed by atoms with Crippen LogP contribution in [0.1, 0.15) is 28.0 Å². The number of hydrogen-bond donors (Lipinski definition) is 1. The fourth-order valence-electron chi connectivity index (χ4n) is 2.81. The van der Waals surface area contributed by atoms with E-state index in [-0.39, 0.29) is 0 Å². The van der Waals surface area contributed by atoms with Gasteiger partial charge in [-0.25, -0.2) is 0 Å². The summed E-state index contributed by atoms with van der Waals surface area (Å²) in [6.45, 7) is 2.00. The van der Waals surface area contributed by atoms with Crippen LogP contribution < -0.4 is 5.73 Å². The fourth-order valence-corrected chi connectivity index (χ4v) is 3.88. The molecule has 2 aromatic carbocycles. The number of fused-ring (bicyclic) bond motifs is 1. The van der Waals surface area contributed by atoms with Crippen molar-refractivity contribution in [2.24, 2.45) is 0 Å². The molecular formula is C19H18N2S. The van der Waals surface area contributed by atoms with Crippen molar-refractivity contribution in [1.29, 1.82) is 5.26 Å². The van der Waals surface area contributed by atoms with E-state index in [1.54, 1.807) is 11.3 Å². The van der Waals surface area contributed by atoms with E-state index in [2.05, 4.69) is 48.5 Å². The molecule has 110 valence electrons. The summed E-state index contributed by atoms with van der Waals surface area (Å²) in [5, 5.41) is 12.3. The van der Waals surface area contributed by atoms with Crippen molar-refractivity contribution >= 4 is 27.1 Å². The Balaban J connectivity index is 1.68. The van der Waals surface area contributed by atoms with Gasteiger partial charge in [-0.3, -0.25) is 0 Å². The molecule has 2 N–H and O–H groups in total. The van der Waals surface area contributed by atoms with Crippen molar-refractivity contribution in [3.8, 4) is 6.07 Å². The third-order valence-corrected chi connectivity index (χ3v) is 5.25. The average molecular weight is 306 g/mol. The van der Waals surface area contributed by atoms with Crippen LogP contribution in [0.3, 0.4) is 0 Å². The summed E-state index contributed by atoms with van der Waals surface area (Å²) < 4.78 is 0. The predicted molar refractivity (Wildman–Crippen MR) is 94.2 cm³/mol. The third-order valence-electron chi connectivity index (χ3n) is 4.07. The molecule has 0 radical (unpaired) electrons. The quantitative estimate of drug-likeness (QED) is 0.750. The van der Waals surface area contributed by atoms with Crippen LogP contribution in [-0.2, 0) is 12.8 Å². The third kappa shape index (κ3) is 2.84. The van der Waals surface area contributed by atoms with Crippen LogP contribution in [-0.4, -0.2) is 0 Å². The maximum absolute atomic E-state index is 9.09. The number of nitrogens with two attached hydrogens (primary N) is 1. The maximum Gasteiger partial charge on any atom is 0.104 e. The first-order chi connectivity index (χ1) is 10.7. The summed E-state index contributed by atoms with van der Waals surface area (Å²) in [5.41, 5.74) is 8.97. The lowest BCUT2D eigenvalue weighted by atomic mass is 10.0. The van der Waals surface area contributed by atoms with Gasteiger partial charge in [0.05, 0.1) is 5.56 Å². The highest BCUT2D eigenvalue weighted by molar-refractivity contribution is 7.16. The molecule has 0 unspecified atom stereocenters. The normalized spacial score (nSPS) is 10.7. The van der Waals surface area contributed by atoms with Crippen LogP contribution in [0, 0.1) is 18.3 Å². The maximum atomic E-state index is 9.09. The van der Waals surface area contributed by atoms with Gasteiger partial charge in [-0.1, -0.05) is 42.5 Å². The molecule has 0 spiro atoms. The fraction of sp³-hybridized carbons (Fsp3) is 0.211. The van der Waals surface area contributed by atoms with Gasteiger partial charge in [0.25, 0.3) is 0 Å². The van der Waals surface area contributed by atoms with E-state index < -0.39 is 0 Å². The first-order valence-electron chi connectivity index (χ1n) is 7.44. The van der Waals surface area contributed by atoms with Crippen LogP contribution in [0.5, 0.6) is 0 Å². The highest BCUT2D eigenvalue weighted by Gasteiger charge is 2.12. The molecular weight excluding hydrogens is 288 g/mol. The predicted octanol–water partition coefficient (Wildman–Crippen LogP) is 4.84. The average Bonchev–Trinajstić information content (AvgIpc) is 2.81. The van der Waals surface area contributed by atoms with E-state index >= 15 is 0 Å². The highest BCUT2D eigenvalue weighted by Crippen LogP contribution is 2.31. The second-order valence-electron chi connectivity index (χ2n) is 5.54. The molecule has 0 atom stereocenters. The number of hydrogen-bond acceptors (Lipinski definition) is 3. The highest BCUT2D eigenvalue weighted by atomic mass is 32.1. The molecule has 0 amide bonds. The van der Waals surface area contributed by atoms with Gasteiger partial charge in [-0.2, -0.15) is 5.26 Å². The summed E-state index contributed by atoms with van der Waals surface area (Å²) in [5.74, 6) is 0. The van der Waals surface area contributed by atoms with Gasteiger partial charge in [0.15, 0.2) is 0 Å². The minimum atomic E-state index is 0.653. The molecule has 0 saturated heterocycles. The molecule has 0 aliphatic carbocycles. The van der Waals surface area contributed by atoms with Gasteiger partial charge in [0.1, 0.15) is 11.1 Å². The van der Waals surface area contributed by atoms with Gasteiger partial charge in [0, 0.05) is 4.88 Å². The SMILES string of the molecule is Cc1c(CCCc2ccc3ccccc3c2)sc(N)c1C#N. The summed E-state index contributed by atoms with van der Waals surface area (Å²) in [6, 6.07) is 17.3. The Labute approximate surface area is 134 Å². The summed E-state index contributed by atoms with van der Waals surface area (Å²) >= 11 is 1.56. The van der Waals surface area contributed by atoms with Crippen molar-refractivity contribution in [3.63, 3.8) is 0 Å². The lowest BCUT2D eigenvalue weighted by molar-refractivity contribution is 0.828. The van der Waals surface area contributed by atoms with Gasteiger partial charge in [-0.15, -0.1) is 11.3 Å². The van der Waals surface area contributed by atoms with E-state index in [0.29, 0.717) is 10.6 Å². The zero-order valence-electron chi connectivity index (χ0n) is 12.6. The Kier molecular flexibility index (Phi) is 4.13. The number of benzene rings is 2. The topological polar surface area (TPSA) is 49.8 Å². The summed E-state index contributed by atoms with van der Waals surface area (Å²) in [4.78, 5) is 1.25. The lowest BCUT2D eigenvalue weighted by Crippen LogP contribution is -1.90. The molecule has 3 rings (SSSR count). The second kappa shape index (κ2) is 6.21. The van der Waals surface area contributed by atoms with Gasteiger partial charge < -0.3 is 5.73 Å². The molecule has 0 aliphatic heterocycles. The number of nitriles is 1. The van der Waals surface area contributed by atoms with Crippen molar-refractivity contribution in [3.05, 3.63) is 64.0 Å². The molecule has 2 nitrogen and oxygen atoms in total. The summed E-state index contributed by atoms with van der Waals surface area (Å²) in [7, 11) is 0. The minimum Gasteiger partial charge on any atom is -0.389 e. The van der Waals surface area contributed by atoms with Gasteiger partial charge in [0.2, 0.25) is 0 Å². The molecule has 1 aromatic heterocycles. The van der Waals surface area contributed by atoms with E-state index in [1.807, 2.05) is 6.92 Å². The zero-order valence-corrected chi connectivity index (χ0v) is 13.4. The van der Waals surface area contributed by atoms with Crippen LogP contribution in [0.2, 0.25) is 0 Å². The second-order valence-corrected chi connectivity index (χ2v) is 6.67. The number of thiophene rings is 1. The lowest BCUT2D eigenvalue weighted by Gasteiger charge is -2.04. The molecule has 0 fully saturated rings. The zero-order chi connectivity index (χ0) is 15.5. The molecule has 22 heavy (non-hydrogen) atoms. The summed E-state index contributed by atoms with van der Waals surface area (Å²) in [6.07, 6.45) is 3.10. The molecule has 0 bridgehead atoms. The van der Waals surface area contributed by atoms with Gasteiger partial charge >= 0.3 is 0 Å². The molecule has 3 aromatic rings. The standard InChI is InChI=1S/C19H18N2S/c1-13-17(12-20)19(21)22-18(13)8-4-5-14-9-10-15-6-2-3-7-16(15)11-14/h2-3,6-7,9-11H,4-5,8,21H2,1H3. The Hall–Kier alpha value is -2.31. The first kappa shape index (κ1) is 14.6. The monoisotopic (exact) mass is 306 g/mol. The van der Waals surface area contributed by atoms with Crippen molar-refractivity contribution < 1.29 is 0 Å². The van der Waals surface area contributed by atoms with Crippen LogP contribution in [0.25, 0.3) is 10.8 Å². The Morgan fingerprint density at radius 1 is 1.09 bits per heavy atom. The molecule has 0 saturated carbocycles. The number of nitrogens with zero attached hydrogens (tertiary/aromatic N) is 1. The van der Waals surface area contributed by atoms with Crippen molar-refractivity contribution in [1.82, 2.24) is 0 Å². The number of nitrogen functional groups attached to an aromatic ring is 1. The molecule has 0 aliphatic rings. The van der Waals surface area contributed by atoms with Crippen LogP contribution in [0.4, 0.5) is 5.00 Å². The van der Waals surface area contributed by atoms with E-state index in [0.717, 1.165) is 24.8 Å².